The topological polar surface area (TPSA) is 154 Å². The number of hydrogen-bond acceptors (Lipinski definition) is 8. The van der Waals surface area contributed by atoms with E-state index in [0.717, 1.165) is 63.9 Å². The molecule has 5 heterocycles. The number of rotatable bonds is 13. The number of nitrogens with zero attached hydrogens (tertiary/aromatic N) is 5. The first kappa shape index (κ1) is 42.8. The number of carbonyl (C=O) groups is 3. The Bertz CT molecular complexity index is 2490. The van der Waals surface area contributed by atoms with Gasteiger partial charge in [0.25, 0.3) is 11.8 Å². The van der Waals surface area contributed by atoms with Crippen molar-refractivity contribution < 1.29 is 28.6 Å². The number of piperazine rings is 1. The SMILES string of the molecule is CCc1nc2c(cnn2CC)c(NC2CCOCC2)c1CNC(=O)c1cccc(C(=O)NCc2ccc(F)c(-c3cccc(CN4C[C@@]5(C(C)(C)C)C[C@H]4CN5C(=O)O)c3)c2)c1. The van der Waals surface area contributed by atoms with Crippen molar-refractivity contribution in [2.24, 2.45) is 5.41 Å². The van der Waals surface area contributed by atoms with Crippen molar-refractivity contribution in [2.75, 3.05) is 31.6 Å². The zero-order valence-corrected chi connectivity index (χ0v) is 36.3. The Morgan fingerprint density at radius 1 is 0.935 bits per heavy atom. The molecule has 2 atom stereocenters. The molecular formula is C48H57FN8O5. The van der Waals surface area contributed by atoms with Gasteiger partial charge in [-0.2, -0.15) is 5.10 Å². The molecule has 8 rings (SSSR count). The molecule has 0 saturated carbocycles. The summed E-state index contributed by atoms with van der Waals surface area (Å²) in [6, 6.07) is 19.6. The lowest BCUT2D eigenvalue weighted by atomic mass is 9.73. The molecule has 3 amide bonds. The van der Waals surface area contributed by atoms with Crippen molar-refractivity contribution in [2.45, 2.75) is 104 Å². The average molecular weight is 845 g/mol. The molecule has 13 nitrogen and oxygen atoms in total. The maximum Gasteiger partial charge on any atom is 0.407 e. The quantitative estimate of drug-likeness (QED) is 0.0938. The van der Waals surface area contributed by atoms with E-state index in [1.165, 1.54) is 6.07 Å². The number of ether oxygens (including phenoxy) is 1. The molecule has 5 aromatic rings. The second-order valence-electron chi connectivity index (χ2n) is 17.9. The summed E-state index contributed by atoms with van der Waals surface area (Å²) in [6.45, 7) is 14.6. The smallest absolute Gasteiger partial charge is 0.407 e. The number of aromatic nitrogens is 3. The third-order valence-electron chi connectivity index (χ3n) is 13.2. The van der Waals surface area contributed by atoms with Crippen molar-refractivity contribution in [3.8, 4) is 11.1 Å². The van der Waals surface area contributed by atoms with E-state index in [2.05, 4.69) is 53.6 Å². The van der Waals surface area contributed by atoms with Crippen LogP contribution in [0.5, 0.6) is 0 Å². The van der Waals surface area contributed by atoms with Gasteiger partial charge in [-0.25, -0.2) is 18.9 Å². The number of anilines is 1. The molecule has 62 heavy (non-hydrogen) atoms. The fourth-order valence-electron chi connectivity index (χ4n) is 9.64. The summed E-state index contributed by atoms with van der Waals surface area (Å²) in [7, 11) is 0. The molecule has 0 radical (unpaired) electrons. The van der Waals surface area contributed by atoms with Crippen LogP contribution < -0.4 is 16.0 Å². The first-order valence-corrected chi connectivity index (χ1v) is 21.8. The number of carboxylic acid groups (broad SMARTS) is 1. The Balaban J connectivity index is 0.924. The molecule has 2 aromatic heterocycles. The predicted molar refractivity (Wildman–Crippen MR) is 236 cm³/mol. The van der Waals surface area contributed by atoms with Gasteiger partial charge in [-0.1, -0.05) is 58.0 Å². The van der Waals surface area contributed by atoms with Crippen molar-refractivity contribution >= 4 is 34.6 Å². The van der Waals surface area contributed by atoms with Crippen LogP contribution in [0.15, 0.2) is 72.9 Å². The van der Waals surface area contributed by atoms with E-state index in [1.54, 1.807) is 41.3 Å². The average Bonchev–Trinajstić information content (AvgIpc) is 3.99. The van der Waals surface area contributed by atoms with Crippen LogP contribution in [0, 0.1) is 11.2 Å². The second kappa shape index (κ2) is 17.5. The van der Waals surface area contributed by atoms with Crippen LogP contribution in [0.4, 0.5) is 14.9 Å². The van der Waals surface area contributed by atoms with Crippen LogP contribution in [0.2, 0.25) is 0 Å². The van der Waals surface area contributed by atoms with Crippen LogP contribution in [-0.4, -0.2) is 91.5 Å². The number of benzene rings is 3. The van der Waals surface area contributed by atoms with Crippen LogP contribution in [0.3, 0.4) is 0 Å². The minimum Gasteiger partial charge on any atom is -0.465 e. The van der Waals surface area contributed by atoms with Gasteiger partial charge in [0.05, 0.1) is 22.8 Å². The van der Waals surface area contributed by atoms with E-state index in [-0.39, 0.29) is 48.2 Å². The number of carbonyl (C=O) groups excluding carboxylic acids is 2. The third kappa shape index (κ3) is 8.37. The summed E-state index contributed by atoms with van der Waals surface area (Å²) in [5.41, 5.74) is 6.41. The van der Waals surface area contributed by atoms with Gasteiger partial charge in [0.15, 0.2) is 5.65 Å². The summed E-state index contributed by atoms with van der Waals surface area (Å²) in [4.78, 5) is 48.3. The maximum atomic E-state index is 15.4. The Hall–Kier alpha value is -5.86. The number of nitrogens with one attached hydrogen (secondary N) is 3. The second-order valence-corrected chi connectivity index (χ2v) is 17.9. The number of likely N-dealkylation sites (tertiary alicyclic amines) is 2. The molecule has 3 saturated heterocycles. The normalized spacial score (nSPS) is 19.3. The van der Waals surface area contributed by atoms with Gasteiger partial charge in [-0.05, 0) is 91.1 Å². The molecule has 3 fully saturated rings. The van der Waals surface area contributed by atoms with Crippen LogP contribution in [0.25, 0.3) is 22.2 Å². The van der Waals surface area contributed by atoms with Gasteiger partial charge in [-0.3, -0.25) is 19.4 Å². The molecular weight excluding hydrogens is 788 g/mol. The Morgan fingerprint density at radius 2 is 1.66 bits per heavy atom. The van der Waals surface area contributed by atoms with Gasteiger partial charge >= 0.3 is 6.09 Å². The van der Waals surface area contributed by atoms with E-state index in [9.17, 15) is 19.5 Å². The molecule has 3 aliphatic heterocycles. The monoisotopic (exact) mass is 844 g/mol. The van der Waals surface area contributed by atoms with Crippen LogP contribution in [-0.2, 0) is 37.3 Å². The van der Waals surface area contributed by atoms with Crippen LogP contribution in [0.1, 0.15) is 97.0 Å². The van der Waals surface area contributed by atoms with Gasteiger partial charge in [-0.15, -0.1) is 0 Å². The first-order valence-electron chi connectivity index (χ1n) is 21.8. The van der Waals surface area contributed by atoms with Crippen molar-refractivity contribution in [3.63, 3.8) is 0 Å². The highest BCUT2D eigenvalue weighted by Gasteiger charge is 2.61. The zero-order valence-electron chi connectivity index (χ0n) is 36.3. The molecule has 0 aliphatic carbocycles. The molecule has 4 N–H and O–H groups in total. The molecule has 0 unspecified atom stereocenters. The summed E-state index contributed by atoms with van der Waals surface area (Å²) in [5.74, 6) is -1.05. The molecule has 326 valence electrons. The van der Waals surface area contributed by atoms with Crippen molar-refractivity contribution in [1.82, 2.24) is 35.2 Å². The molecule has 14 heteroatoms. The Kier molecular flexibility index (Phi) is 12.1. The predicted octanol–water partition coefficient (Wildman–Crippen LogP) is 7.62. The number of aryl methyl sites for hydroxylation is 2. The van der Waals surface area contributed by atoms with Crippen molar-refractivity contribution in [1.29, 1.82) is 0 Å². The summed E-state index contributed by atoms with van der Waals surface area (Å²) < 4.78 is 22.9. The minimum atomic E-state index is -0.870. The van der Waals surface area contributed by atoms with Gasteiger partial charge < -0.3 is 25.8 Å². The summed E-state index contributed by atoms with van der Waals surface area (Å²) >= 11 is 0. The van der Waals surface area contributed by atoms with E-state index in [4.69, 9.17) is 9.72 Å². The van der Waals surface area contributed by atoms with E-state index in [1.807, 2.05) is 42.1 Å². The number of amides is 3. The maximum absolute atomic E-state index is 15.4. The third-order valence-corrected chi connectivity index (χ3v) is 13.2. The number of fused-ring (bicyclic) bond motifs is 3. The Morgan fingerprint density at radius 3 is 2.35 bits per heavy atom. The van der Waals surface area contributed by atoms with Crippen LogP contribution >= 0.6 is 0 Å². The van der Waals surface area contributed by atoms with Gasteiger partial charge in [0, 0.05) is 92.5 Å². The van der Waals surface area contributed by atoms with E-state index in [0.29, 0.717) is 62.5 Å². The summed E-state index contributed by atoms with van der Waals surface area (Å²) in [5, 5.41) is 25.2. The highest BCUT2D eigenvalue weighted by Crippen LogP contribution is 2.50. The highest BCUT2D eigenvalue weighted by molar-refractivity contribution is 6.00. The fourth-order valence-corrected chi connectivity index (χ4v) is 9.64. The lowest BCUT2D eigenvalue weighted by Gasteiger charge is -2.48. The fraction of sp³-hybridized carbons (Fsp3) is 0.438. The van der Waals surface area contributed by atoms with Gasteiger partial charge in [0.1, 0.15) is 5.82 Å². The lowest BCUT2D eigenvalue weighted by molar-refractivity contribution is 0.000905. The molecule has 2 bridgehead atoms. The van der Waals surface area contributed by atoms with E-state index < -0.39 is 11.6 Å². The molecule has 3 aliphatic rings. The lowest BCUT2D eigenvalue weighted by Crippen LogP contribution is -2.61. The Labute approximate surface area is 362 Å². The first-order chi connectivity index (χ1) is 29.8. The number of halogens is 1. The van der Waals surface area contributed by atoms with Crippen molar-refractivity contribution in [3.05, 3.63) is 112 Å². The van der Waals surface area contributed by atoms with E-state index >= 15 is 4.39 Å². The highest BCUT2D eigenvalue weighted by atomic mass is 19.1. The number of pyridine rings is 1. The largest absolute Gasteiger partial charge is 0.465 e. The standard InChI is InChI=1S/C48H57FN8O5/c1-6-41-38(42(53-35-16-18-62-19-17-35)39-26-52-57(7-2)43(39)54-41)25-51-45(59)34-13-9-12-33(22-34)44(58)50-24-30-14-15-40(49)37(21-30)32-11-8-10-31(20-32)27-55-29-48(47(3,4)5)23-36(55)28-56(48)46(60)61/h8-15,20-22,26,35-36H,6-7,16-19,23-25,27-29H2,1-5H3,(H,50,58)(H,51,59)(H,53,54)(H,60,61)/t36-,48+/m0/s1. The molecule has 3 aromatic carbocycles. The molecule has 0 spiro atoms. The minimum absolute atomic E-state index is 0.121. The zero-order chi connectivity index (χ0) is 43.8. The summed E-state index contributed by atoms with van der Waals surface area (Å²) in [6.07, 6.45) is 4.18. The number of hydrogen-bond donors (Lipinski definition) is 4. The van der Waals surface area contributed by atoms with Gasteiger partial charge in [0.2, 0.25) is 0 Å².